The summed E-state index contributed by atoms with van der Waals surface area (Å²) in [5, 5.41) is 5.74. The fourth-order valence-corrected chi connectivity index (χ4v) is 1.65. The molecule has 1 aromatic rings. The molecule has 98 valence electrons. The zero-order valence-electron chi connectivity index (χ0n) is 10.2. The van der Waals surface area contributed by atoms with Crippen LogP contribution >= 0.6 is 11.6 Å². The van der Waals surface area contributed by atoms with Crippen molar-refractivity contribution in [3.63, 3.8) is 0 Å². The molecule has 0 fully saturated rings. The SMILES string of the molecule is CC(N[C@H](C)c1ccc(Cl)cc1)C(=O)NC(N)=O. The number of hydrogen-bond acceptors (Lipinski definition) is 3. The van der Waals surface area contributed by atoms with E-state index in [1.807, 2.05) is 24.4 Å². The number of primary amides is 1. The predicted octanol–water partition coefficient (Wildman–Crippen LogP) is 1.57. The molecule has 1 aromatic carbocycles. The molecule has 0 saturated heterocycles. The van der Waals surface area contributed by atoms with Gasteiger partial charge in [-0.25, -0.2) is 4.79 Å². The van der Waals surface area contributed by atoms with Crippen LogP contribution in [0.15, 0.2) is 24.3 Å². The van der Waals surface area contributed by atoms with Crippen LogP contribution in [0.25, 0.3) is 0 Å². The zero-order valence-corrected chi connectivity index (χ0v) is 11.0. The first kappa shape index (κ1) is 14.5. The van der Waals surface area contributed by atoms with Gasteiger partial charge in [-0.3, -0.25) is 15.4 Å². The van der Waals surface area contributed by atoms with E-state index in [0.717, 1.165) is 5.56 Å². The van der Waals surface area contributed by atoms with E-state index < -0.39 is 18.0 Å². The highest BCUT2D eigenvalue weighted by Gasteiger charge is 2.17. The summed E-state index contributed by atoms with van der Waals surface area (Å²) >= 11 is 5.79. The van der Waals surface area contributed by atoms with Gasteiger partial charge in [-0.15, -0.1) is 0 Å². The Kier molecular flexibility index (Phi) is 5.12. The molecule has 0 heterocycles. The number of imide groups is 1. The lowest BCUT2D eigenvalue weighted by Crippen LogP contribution is -2.47. The third-order valence-electron chi connectivity index (χ3n) is 2.51. The van der Waals surface area contributed by atoms with Gasteiger partial charge < -0.3 is 5.73 Å². The average molecular weight is 270 g/mol. The van der Waals surface area contributed by atoms with E-state index in [9.17, 15) is 9.59 Å². The minimum Gasteiger partial charge on any atom is -0.351 e. The Labute approximate surface area is 111 Å². The lowest BCUT2D eigenvalue weighted by atomic mass is 10.1. The highest BCUT2D eigenvalue weighted by atomic mass is 35.5. The van der Waals surface area contributed by atoms with Gasteiger partial charge in [0, 0.05) is 11.1 Å². The lowest BCUT2D eigenvalue weighted by molar-refractivity contribution is -0.121. The summed E-state index contributed by atoms with van der Waals surface area (Å²) < 4.78 is 0. The van der Waals surface area contributed by atoms with Crippen molar-refractivity contribution in [1.82, 2.24) is 10.6 Å². The molecule has 0 aliphatic heterocycles. The maximum atomic E-state index is 11.5. The summed E-state index contributed by atoms with van der Waals surface area (Å²) in [7, 11) is 0. The molecule has 0 aliphatic carbocycles. The molecule has 0 bridgehead atoms. The number of hydrogen-bond donors (Lipinski definition) is 3. The Hall–Kier alpha value is -1.59. The van der Waals surface area contributed by atoms with Crippen LogP contribution in [0.1, 0.15) is 25.5 Å². The smallest absolute Gasteiger partial charge is 0.318 e. The molecule has 4 N–H and O–H groups in total. The number of halogens is 1. The Balaban J connectivity index is 2.58. The normalized spacial score (nSPS) is 13.7. The first-order valence-corrected chi connectivity index (χ1v) is 5.89. The number of nitrogens with two attached hydrogens (primary N) is 1. The van der Waals surface area contributed by atoms with E-state index in [0.29, 0.717) is 5.02 Å². The molecule has 1 unspecified atom stereocenters. The summed E-state index contributed by atoms with van der Waals surface area (Å²) in [6, 6.07) is 5.89. The molecule has 0 aromatic heterocycles. The third-order valence-corrected chi connectivity index (χ3v) is 2.76. The second-order valence-electron chi connectivity index (χ2n) is 4.02. The van der Waals surface area contributed by atoms with Crippen molar-refractivity contribution < 1.29 is 9.59 Å². The topological polar surface area (TPSA) is 84.2 Å². The Morgan fingerprint density at radius 1 is 1.22 bits per heavy atom. The molecule has 1 rings (SSSR count). The quantitative estimate of drug-likeness (QED) is 0.776. The minimum atomic E-state index is -0.854. The summed E-state index contributed by atoms with van der Waals surface area (Å²) in [6.45, 7) is 3.57. The average Bonchev–Trinajstić information content (AvgIpc) is 2.28. The van der Waals surface area contributed by atoms with Gasteiger partial charge in [0.25, 0.3) is 0 Å². The Bertz CT molecular complexity index is 433. The summed E-state index contributed by atoms with van der Waals surface area (Å²) in [5.74, 6) is -0.455. The van der Waals surface area contributed by atoms with Crippen LogP contribution in [0.5, 0.6) is 0 Å². The fraction of sp³-hybridized carbons (Fsp3) is 0.333. The molecular formula is C12H16ClN3O2. The Morgan fingerprint density at radius 2 is 1.78 bits per heavy atom. The maximum absolute atomic E-state index is 11.5. The highest BCUT2D eigenvalue weighted by Crippen LogP contribution is 2.16. The first-order chi connectivity index (χ1) is 8.40. The van der Waals surface area contributed by atoms with Crippen LogP contribution in [0.4, 0.5) is 4.79 Å². The molecule has 0 saturated carbocycles. The lowest BCUT2D eigenvalue weighted by Gasteiger charge is -2.19. The summed E-state index contributed by atoms with van der Waals surface area (Å²) in [5.41, 5.74) is 5.87. The number of urea groups is 1. The van der Waals surface area contributed by atoms with Crippen LogP contribution in [0.2, 0.25) is 5.02 Å². The predicted molar refractivity (Wildman–Crippen MR) is 70.2 cm³/mol. The van der Waals surface area contributed by atoms with Crippen molar-refractivity contribution in [1.29, 1.82) is 0 Å². The molecule has 5 nitrogen and oxygen atoms in total. The second-order valence-corrected chi connectivity index (χ2v) is 4.45. The van der Waals surface area contributed by atoms with Crippen molar-refractivity contribution >= 4 is 23.5 Å². The van der Waals surface area contributed by atoms with Crippen LogP contribution in [0.3, 0.4) is 0 Å². The fourth-order valence-electron chi connectivity index (χ4n) is 1.53. The van der Waals surface area contributed by atoms with Crippen molar-refractivity contribution in [2.75, 3.05) is 0 Å². The molecule has 2 atom stereocenters. The highest BCUT2D eigenvalue weighted by molar-refractivity contribution is 6.30. The van der Waals surface area contributed by atoms with Crippen molar-refractivity contribution in [3.05, 3.63) is 34.9 Å². The number of rotatable bonds is 4. The van der Waals surface area contributed by atoms with Gasteiger partial charge in [-0.05, 0) is 31.5 Å². The van der Waals surface area contributed by atoms with Gasteiger partial charge in [0.05, 0.1) is 6.04 Å². The van der Waals surface area contributed by atoms with Gasteiger partial charge in [0.1, 0.15) is 0 Å². The van der Waals surface area contributed by atoms with Gasteiger partial charge >= 0.3 is 6.03 Å². The zero-order chi connectivity index (χ0) is 13.7. The number of nitrogens with one attached hydrogen (secondary N) is 2. The molecule has 0 radical (unpaired) electrons. The third kappa shape index (κ3) is 4.35. The summed E-state index contributed by atoms with van der Waals surface area (Å²) in [6.07, 6.45) is 0. The van der Waals surface area contributed by atoms with E-state index >= 15 is 0 Å². The van der Waals surface area contributed by atoms with E-state index in [-0.39, 0.29) is 6.04 Å². The Morgan fingerprint density at radius 3 is 2.28 bits per heavy atom. The molecular weight excluding hydrogens is 254 g/mol. The van der Waals surface area contributed by atoms with Crippen LogP contribution in [0, 0.1) is 0 Å². The standard InChI is InChI=1S/C12H16ClN3O2/c1-7(9-3-5-10(13)6-4-9)15-8(2)11(17)16-12(14)18/h3-8,15H,1-2H3,(H3,14,16,17,18)/t7-,8?/m1/s1. The van der Waals surface area contributed by atoms with Crippen LogP contribution in [-0.2, 0) is 4.79 Å². The van der Waals surface area contributed by atoms with Crippen LogP contribution in [-0.4, -0.2) is 18.0 Å². The molecule has 0 aliphatic rings. The minimum absolute atomic E-state index is 0.0455. The van der Waals surface area contributed by atoms with Crippen molar-refractivity contribution in [2.45, 2.75) is 25.9 Å². The monoisotopic (exact) mass is 269 g/mol. The van der Waals surface area contributed by atoms with Gasteiger partial charge in [0.2, 0.25) is 5.91 Å². The second kappa shape index (κ2) is 6.37. The van der Waals surface area contributed by atoms with E-state index in [1.54, 1.807) is 19.1 Å². The van der Waals surface area contributed by atoms with Gasteiger partial charge in [-0.2, -0.15) is 0 Å². The number of amides is 3. The first-order valence-electron chi connectivity index (χ1n) is 5.52. The van der Waals surface area contributed by atoms with E-state index in [1.165, 1.54) is 0 Å². The maximum Gasteiger partial charge on any atom is 0.318 e. The number of carbonyl (C=O) groups is 2. The molecule has 18 heavy (non-hydrogen) atoms. The van der Waals surface area contributed by atoms with Crippen LogP contribution < -0.4 is 16.4 Å². The number of carbonyl (C=O) groups excluding carboxylic acids is 2. The number of benzene rings is 1. The summed E-state index contributed by atoms with van der Waals surface area (Å²) in [4.78, 5) is 22.0. The van der Waals surface area contributed by atoms with E-state index in [2.05, 4.69) is 5.32 Å². The largest absolute Gasteiger partial charge is 0.351 e. The van der Waals surface area contributed by atoms with Gasteiger partial charge in [0.15, 0.2) is 0 Å². The molecule has 3 amide bonds. The van der Waals surface area contributed by atoms with Crippen molar-refractivity contribution in [2.24, 2.45) is 5.73 Å². The van der Waals surface area contributed by atoms with Gasteiger partial charge in [-0.1, -0.05) is 23.7 Å². The van der Waals surface area contributed by atoms with Crippen molar-refractivity contribution in [3.8, 4) is 0 Å². The molecule has 6 heteroatoms. The van der Waals surface area contributed by atoms with E-state index in [4.69, 9.17) is 17.3 Å². The molecule has 0 spiro atoms.